The molecule has 1 saturated heterocycles. The third kappa shape index (κ3) is 1.60. The van der Waals surface area contributed by atoms with E-state index in [0.29, 0.717) is 0 Å². The molecule has 0 spiro atoms. The van der Waals surface area contributed by atoms with Crippen molar-refractivity contribution in [2.75, 3.05) is 7.11 Å². The average Bonchev–Trinajstić information content (AvgIpc) is 2.08. The number of ether oxygens (including phenoxy) is 2. The molecule has 0 amide bonds. The molecule has 0 aliphatic carbocycles. The molecule has 4 N–H and O–H groups in total. The number of aliphatic hydroxyl groups is 2. The average molecular weight is 177 g/mol. The number of nitrogens with two attached hydrogens (primary N) is 1. The van der Waals surface area contributed by atoms with Gasteiger partial charge in [-0.05, 0) is 6.92 Å². The molecule has 1 fully saturated rings. The van der Waals surface area contributed by atoms with Gasteiger partial charge in [0, 0.05) is 7.11 Å². The monoisotopic (exact) mass is 177 g/mol. The first-order valence-corrected chi connectivity index (χ1v) is 3.88. The Morgan fingerprint density at radius 2 is 1.92 bits per heavy atom. The lowest BCUT2D eigenvalue weighted by Gasteiger charge is -2.39. The molecule has 1 aliphatic heterocycles. The number of rotatable bonds is 1. The minimum Gasteiger partial charge on any atom is -0.388 e. The molecule has 0 saturated carbocycles. The molecule has 1 heterocycles. The van der Waals surface area contributed by atoms with Gasteiger partial charge >= 0.3 is 0 Å². The van der Waals surface area contributed by atoms with Crippen LogP contribution in [0.4, 0.5) is 0 Å². The highest BCUT2D eigenvalue weighted by molar-refractivity contribution is 4.89. The summed E-state index contributed by atoms with van der Waals surface area (Å²) in [4.78, 5) is 0. The van der Waals surface area contributed by atoms with E-state index in [4.69, 9.17) is 15.2 Å². The van der Waals surface area contributed by atoms with Crippen LogP contribution in [-0.2, 0) is 9.47 Å². The van der Waals surface area contributed by atoms with Crippen LogP contribution >= 0.6 is 0 Å². The van der Waals surface area contributed by atoms with Gasteiger partial charge in [0.1, 0.15) is 12.2 Å². The van der Waals surface area contributed by atoms with Crippen molar-refractivity contribution in [1.82, 2.24) is 0 Å². The van der Waals surface area contributed by atoms with Crippen LogP contribution in [0.2, 0.25) is 0 Å². The van der Waals surface area contributed by atoms with Gasteiger partial charge in [-0.3, -0.25) is 0 Å². The lowest BCUT2D eigenvalue weighted by molar-refractivity contribution is -0.260. The summed E-state index contributed by atoms with van der Waals surface area (Å²) in [6.07, 6.45) is -3.15. The van der Waals surface area contributed by atoms with Gasteiger partial charge in [0.05, 0.1) is 12.1 Å². The zero-order valence-corrected chi connectivity index (χ0v) is 7.18. The second kappa shape index (κ2) is 3.68. The topological polar surface area (TPSA) is 84.9 Å². The maximum absolute atomic E-state index is 9.38. The van der Waals surface area contributed by atoms with Crippen LogP contribution in [0.5, 0.6) is 0 Å². The van der Waals surface area contributed by atoms with Gasteiger partial charge in [0.25, 0.3) is 0 Å². The molecule has 72 valence electrons. The zero-order chi connectivity index (χ0) is 9.30. The molecule has 0 unspecified atom stereocenters. The quantitative estimate of drug-likeness (QED) is 0.450. The minimum absolute atomic E-state index is 0.312. The highest BCUT2D eigenvalue weighted by Crippen LogP contribution is 2.19. The minimum atomic E-state index is -1.07. The van der Waals surface area contributed by atoms with Crippen molar-refractivity contribution >= 4 is 0 Å². The summed E-state index contributed by atoms with van der Waals surface area (Å²) in [6.45, 7) is 1.73. The maximum Gasteiger partial charge on any atom is 0.186 e. The van der Waals surface area contributed by atoms with E-state index >= 15 is 0 Å². The largest absolute Gasteiger partial charge is 0.388 e. The molecule has 1 aliphatic rings. The molecule has 0 aromatic heterocycles. The van der Waals surface area contributed by atoms with Crippen molar-refractivity contribution in [2.45, 2.75) is 37.6 Å². The standard InChI is InChI=1S/C7H15NO4/c1-3-4(8)5(9)6(10)7(11-2)12-3/h3-7,9-10H,8H2,1-2H3/t3-,4+,5-,6+,7-/m0/s1. The van der Waals surface area contributed by atoms with Crippen molar-refractivity contribution in [3.05, 3.63) is 0 Å². The van der Waals surface area contributed by atoms with Gasteiger partial charge in [0.15, 0.2) is 6.29 Å². The Kier molecular flexibility index (Phi) is 3.03. The van der Waals surface area contributed by atoms with E-state index in [1.165, 1.54) is 7.11 Å². The van der Waals surface area contributed by atoms with Crippen molar-refractivity contribution < 1.29 is 19.7 Å². The second-order valence-electron chi connectivity index (χ2n) is 3.00. The van der Waals surface area contributed by atoms with Crippen LogP contribution in [0.15, 0.2) is 0 Å². The summed E-state index contributed by atoms with van der Waals surface area (Å²) in [5.74, 6) is 0. The fraction of sp³-hybridized carbons (Fsp3) is 1.00. The van der Waals surface area contributed by atoms with Crippen molar-refractivity contribution in [1.29, 1.82) is 0 Å². The Morgan fingerprint density at radius 1 is 1.33 bits per heavy atom. The van der Waals surface area contributed by atoms with Crippen LogP contribution < -0.4 is 5.73 Å². The Labute approximate surface area is 71.1 Å². The molecule has 0 aromatic rings. The number of methoxy groups -OCH3 is 1. The van der Waals surface area contributed by atoms with Gasteiger partial charge in [0.2, 0.25) is 0 Å². The van der Waals surface area contributed by atoms with Crippen LogP contribution in [0.25, 0.3) is 0 Å². The lowest BCUT2D eigenvalue weighted by Crippen LogP contribution is -2.60. The van der Waals surface area contributed by atoms with Gasteiger partial charge < -0.3 is 25.4 Å². The molecule has 12 heavy (non-hydrogen) atoms. The molecule has 1 rings (SSSR count). The predicted molar refractivity (Wildman–Crippen MR) is 41.3 cm³/mol. The molecule has 0 aromatic carbocycles. The predicted octanol–water partition coefficient (Wildman–Crippen LogP) is -1.57. The van der Waals surface area contributed by atoms with Gasteiger partial charge in [-0.25, -0.2) is 0 Å². The van der Waals surface area contributed by atoms with E-state index in [9.17, 15) is 10.2 Å². The normalized spacial score (nSPS) is 49.2. The molecule has 0 radical (unpaired) electrons. The van der Waals surface area contributed by atoms with Gasteiger partial charge in [-0.15, -0.1) is 0 Å². The molecule has 5 heteroatoms. The second-order valence-corrected chi connectivity index (χ2v) is 3.00. The first-order chi connectivity index (χ1) is 5.57. The highest BCUT2D eigenvalue weighted by Gasteiger charge is 2.40. The summed E-state index contributed by atoms with van der Waals surface area (Å²) in [6, 6.07) is -0.564. The van der Waals surface area contributed by atoms with Gasteiger partial charge in [-0.1, -0.05) is 0 Å². The first-order valence-electron chi connectivity index (χ1n) is 3.88. The molecule has 5 atom stereocenters. The molecule has 0 bridgehead atoms. The van der Waals surface area contributed by atoms with E-state index in [0.717, 1.165) is 0 Å². The van der Waals surface area contributed by atoms with E-state index in [1.54, 1.807) is 6.92 Å². The first kappa shape index (κ1) is 9.88. The SMILES string of the molecule is CO[C@H]1O[C@@H](C)[C@@H](N)[C@H](O)[C@H]1O. The Hall–Kier alpha value is -0.200. The fourth-order valence-electron chi connectivity index (χ4n) is 1.24. The lowest BCUT2D eigenvalue weighted by atomic mass is 9.98. The maximum atomic E-state index is 9.38. The van der Waals surface area contributed by atoms with Crippen LogP contribution in [0.3, 0.4) is 0 Å². The van der Waals surface area contributed by atoms with Crippen LogP contribution in [0.1, 0.15) is 6.92 Å². The van der Waals surface area contributed by atoms with Crippen LogP contribution in [0, 0.1) is 0 Å². The Bertz CT molecular complexity index is 150. The molecule has 5 nitrogen and oxygen atoms in total. The van der Waals surface area contributed by atoms with E-state index in [-0.39, 0.29) is 6.10 Å². The Morgan fingerprint density at radius 3 is 2.42 bits per heavy atom. The summed E-state index contributed by atoms with van der Waals surface area (Å²) >= 11 is 0. The van der Waals surface area contributed by atoms with Crippen LogP contribution in [-0.4, -0.2) is 48.0 Å². The van der Waals surface area contributed by atoms with Crippen molar-refractivity contribution in [3.8, 4) is 0 Å². The third-order valence-corrected chi connectivity index (χ3v) is 2.15. The molecular weight excluding hydrogens is 162 g/mol. The van der Waals surface area contributed by atoms with E-state index in [1.807, 2.05) is 0 Å². The van der Waals surface area contributed by atoms with Gasteiger partial charge in [-0.2, -0.15) is 0 Å². The summed E-state index contributed by atoms with van der Waals surface area (Å²) in [5, 5.41) is 18.7. The molecular formula is C7H15NO4. The Balaban J connectivity index is 2.63. The van der Waals surface area contributed by atoms with Crippen molar-refractivity contribution in [2.24, 2.45) is 5.73 Å². The number of aliphatic hydroxyl groups excluding tert-OH is 2. The van der Waals surface area contributed by atoms with E-state index in [2.05, 4.69) is 0 Å². The summed E-state index contributed by atoms with van der Waals surface area (Å²) in [5.41, 5.74) is 5.54. The summed E-state index contributed by atoms with van der Waals surface area (Å²) in [7, 11) is 1.41. The fourth-order valence-corrected chi connectivity index (χ4v) is 1.24. The van der Waals surface area contributed by atoms with Crippen molar-refractivity contribution in [3.63, 3.8) is 0 Å². The smallest absolute Gasteiger partial charge is 0.186 e. The number of hydrogen-bond acceptors (Lipinski definition) is 5. The third-order valence-electron chi connectivity index (χ3n) is 2.15. The summed E-state index contributed by atoms with van der Waals surface area (Å²) < 4.78 is 9.98. The zero-order valence-electron chi connectivity index (χ0n) is 7.18. The highest BCUT2D eigenvalue weighted by atomic mass is 16.7. The van der Waals surface area contributed by atoms with E-state index < -0.39 is 24.5 Å². The number of hydrogen-bond donors (Lipinski definition) is 3.